The monoisotopic (exact) mass is 423 g/mol. The zero-order chi connectivity index (χ0) is 21.6. The summed E-state index contributed by atoms with van der Waals surface area (Å²) >= 11 is 0. The van der Waals surface area contributed by atoms with Crippen molar-refractivity contribution in [1.82, 2.24) is 15.2 Å². The molecule has 1 amide bonds. The average Bonchev–Trinajstić information content (AvgIpc) is 2.80. The third kappa shape index (κ3) is 5.25. The summed E-state index contributed by atoms with van der Waals surface area (Å²) in [5, 5.41) is 3.70. The van der Waals surface area contributed by atoms with Crippen LogP contribution in [0.4, 0.5) is 4.39 Å². The van der Waals surface area contributed by atoms with Crippen LogP contribution in [0, 0.1) is 5.82 Å². The van der Waals surface area contributed by atoms with Crippen LogP contribution < -0.4 is 5.32 Å². The minimum Gasteiger partial charge on any atom is -0.383 e. The summed E-state index contributed by atoms with van der Waals surface area (Å²) in [5.41, 5.74) is 3.12. The van der Waals surface area contributed by atoms with Crippen LogP contribution in [0.2, 0.25) is 0 Å². The number of amides is 1. The molecule has 1 aliphatic heterocycles. The quantitative estimate of drug-likeness (QED) is 0.591. The SMILES string of the molecule is COCCNC(=O)c1cc(C2CN(Cc3ccc(F)cc3)CCO2)nc2ccccc12. The Morgan fingerprint density at radius 2 is 2.06 bits per heavy atom. The Bertz CT molecular complexity index is 1040. The maximum absolute atomic E-state index is 13.2. The van der Waals surface area contributed by atoms with E-state index in [-0.39, 0.29) is 17.8 Å². The largest absolute Gasteiger partial charge is 0.383 e. The molecule has 1 saturated heterocycles. The van der Waals surface area contributed by atoms with Gasteiger partial charge in [0.25, 0.3) is 5.91 Å². The summed E-state index contributed by atoms with van der Waals surface area (Å²) in [4.78, 5) is 19.9. The number of hydrogen-bond acceptors (Lipinski definition) is 5. The average molecular weight is 423 g/mol. The number of ether oxygens (including phenoxy) is 2. The first kappa shape index (κ1) is 21.4. The minimum atomic E-state index is -0.246. The van der Waals surface area contributed by atoms with E-state index < -0.39 is 0 Å². The van der Waals surface area contributed by atoms with Crippen LogP contribution in [0.5, 0.6) is 0 Å². The summed E-state index contributed by atoms with van der Waals surface area (Å²) in [7, 11) is 1.60. The molecule has 1 fully saturated rings. The van der Waals surface area contributed by atoms with Crippen LogP contribution in [-0.2, 0) is 16.0 Å². The van der Waals surface area contributed by atoms with Gasteiger partial charge in [0.05, 0.1) is 30.0 Å². The number of carbonyl (C=O) groups is 1. The molecule has 162 valence electrons. The molecule has 6 nitrogen and oxygen atoms in total. The Morgan fingerprint density at radius 1 is 1.26 bits per heavy atom. The predicted molar refractivity (Wildman–Crippen MR) is 116 cm³/mol. The molecule has 4 rings (SSSR count). The summed E-state index contributed by atoms with van der Waals surface area (Å²) < 4.78 is 24.2. The van der Waals surface area contributed by atoms with E-state index in [1.54, 1.807) is 19.2 Å². The number of aromatic nitrogens is 1. The lowest BCUT2D eigenvalue weighted by Gasteiger charge is -2.33. The van der Waals surface area contributed by atoms with Gasteiger partial charge in [-0.2, -0.15) is 0 Å². The number of pyridine rings is 1. The molecule has 1 aromatic heterocycles. The van der Waals surface area contributed by atoms with Crippen molar-refractivity contribution in [2.75, 3.05) is 40.0 Å². The van der Waals surface area contributed by atoms with E-state index in [9.17, 15) is 9.18 Å². The van der Waals surface area contributed by atoms with Gasteiger partial charge in [0.1, 0.15) is 11.9 Å². The van der Waals surface area contributed by atoms with Gasteiger partial charge < -0.3 is 14.8 Å². The van der Waals surface area contributed by atoms with E-state index in [4.69, 9.17) is 14.5 Å². The van der Waals surface area contributed by atoms with Gasteiger partial charge in [0.2, 0.25) is 0 Å². The second kappa shape index (κ2) is 9.96. The van der Waals surface area contributed by atoms with E-state index in [2.05, 4.69) is 10.2 Å². The smallest absolute Gasteiger partial charge is 0.252 e. The lowest BCUT2D eigenvalue weighted by molar-refractivity contribution is -0.0348. The van der Waals surface area contributed by atoms with Gasteiger partial charge in [-0.05, 0) is 29.8 Å². The number of methoxy groups -OCH3 is 1. The van der Waals surface area contributed by atoms with Gasteiger partial charge in [-0.15, -0.1) is 0 Å². The number of rotatable bonds is 7. The summed E-state index contributed by atoms with van der Waals surface area (Å²) in [6.07, 6.45) is -0.246. The molecule has 1 aliphatic rings. The third-order valence-electron chi connectivity index (χ3n) is 5.37. The number of nitrogens with one attached hydrogen (secondary N) is 1. The molecular weight excluding hydrogens is 397 g/mol. The van der Waals surface area contributed by atoms with Crippen LogP contribution in [0.1, 0.15) is 27.7 Å². The maximum atomic E-state index is 13.2. The molecule has 0 saturated carbocycles. The number of hydrogen-bond donors (Lipinski definition) is 1. The number of benzene rings is 2. The van der Waals surface area contributed by atoms with Crippen LogP contribution in [0.25, 0.3) is 10.9 Å². The van der Waals surface area contributed by atoms with Crippen molar-refractivity contribution in [3.05, 3.63) is 77.2 Å². The molecule has 1 unspecified atom stereocenters. The fourth-order valence-electron chi connectivity index (χ4n) is 3.78. The third-order valence-corrected chi connectivity index (χ3v) is 5.37. The van der Waals surface area contributed by atoms with E-state index in [0.717, 1.165) is 28.7 Å². The first-order valence-electron chi connectivity index (χ1n) is 10.4. The number of halogens is 1. The van der Waals surface area contributed by atoms with Crippen LogP contribution in [-0.4, -0.2) is 55.7 Å². The van der Waals surface area contributed by atoms with Gasteiger partial charge in [0, 0.05) is 38.7 Å². The van der Waals surface area contributed by atoms with Gasteiger partial charge >= 0.3 is 0 Å². The molecule has 1 atom stereocenters. The normalized spacial score (nSPS) is 17.0. The summed E-state index contributed by atoms with van der Waals surface area (Å²) in [5.74, 6) is -0.392. The van der Waals surface area contributed by atoms with E-state index >= 15 is 0 Å². The molecule has 31 heavy (non-hydrogen) atoms. The standard InChI is InChI=1S/C24H26FN3O3/c1-30-12-10-26-24(29)20-14-22(27-21-5-3-2-4-19(20)21)23-16-28(11-13-31-23)15-17-6-8-18(25)9-7-17/h2-9,14,23H,10-13,15-16H2,1H3,(H,26,29). The van der Waals surface area contributed by atoms with Crippen molar-refractivity contribution >= 4 is 16.8 Å². The summed E-state index contributed by atoms with van der Waals surface area (Å²) in [6.45, 7) is 3.59. The Hall–Kier alpha value is -2.87. The van der Waals surface area contributed by atoms with Crippen molar-refractivity contribution in [2.45, 2.75) is 12.6 Å². The van der Waals surface area contributed by atoms with Crippen LogP contribution >= 0.6 is 0 Å². The predicted octanol–water partition coefficient (Wildman–Crippen LogP) is 3.32. The second-order valence-electron chi connectivity index (χ2n) is 7.58. The lowest BCUT2D eigenvalue weighted by atomic mass is 10.0. The zero-order valence-corrected chi connectivity index (χ0v) is 17.5. The first-order chi connectivity index (χ1) is 15.1. The number of morpholine rings is 1. The molecule has 0 bridgehead atoms. The molecule has 3 aromatic rings. The molecule has 7 heteroatoms. The van der Waals surface area contributed by atoms with Gasteiger partial charge in [-0.1, -0.05) is 30.3 Å². The van der Waals surface area contributed by atoms with Crippen LogP contribution in [0.3, 0.4) is 0 Å². The summed E-state index contributed by atoms with van der Waals surface area (Å²) in [6, 6.07) is 16.0. The number of para-hydroxylation sites is 1. The van der Waals surface area contributed by atoms with Gasteiger partial charge in [0.15, 0.2) is 0 Å². The van der Waals surface area contributed by atoms with Crippen molar-refractivity contribution in [1.29, 1.82) is 0 Å². The molecule has 0 aliphatic carbocycles. The second-order valence-corrected chi connectivity index (χ2v) is 7.58. The number of nitrogens with zero attached hydrogens (tertiary/aromatic N) is 2. The van der Waals surface area contributed by atoms with E-state index in [1.807, 2.05) is 30.3 Å². The maximum Gasteiger partial charge on any atom is 0.252 e. The number of carbonyl (C=O) groups excluding carboxylic acids is 1. The first-order valence-corrected chi connectivity index (χ1v) is 10.4. The molecule has 1 N–H and O–H groups in total. The topological polar surface area (TPSA) is 63.7 Å². The van der Waals surface area contributed by atoms with E-state index in [0.29, 0.717) is 38.4 Å². The molecule has 0 radical (unpaired) electrons. The van der Waals surface area contributed by atoms with Gasteiger partial charge in [-0.3, -0.25) is 9.69 Å². The lowest BCUT2D eigenvalue weighted by Crippen LogP contribution is -2.38. The zero-order valence-electron chi connectivity index (χ0n) is 17.5. The van der Waals surface area contributed by atoms with Gasteiger partial charge in [-0.25, -0.2) is 9.37 Å². The highest BCUT2D eigenvalue weighted by Crippen LogP contribution is 2.26. The Morgan fingerprint density at radius 3 is 2.87 bits per heavy atom. The van der Waals surface area contributed by atoms with Crippen molar-refractivity contribution in [2.24, 2.45) is 0 Å². The van der Waals surface area contributed by atoms with Crippen LogP contribution in [0.15, 0.2) is 54.6 Å². The minimum absolute atomic E-state index is 0.157. The van der Waals surface area contributed by atoms with Crippen molar-refractivity contribution in [3.8, 4) is 0 Å². The fraction of sp³-hybridized carbons (Fsp3) is 0.333. The van der Waals surface area contributed by atoms with Crippen molar-refractivity contribution < 1.29 is 18.7 Å². The molecular formula is C24H26FN3O3. The van der Waals surface area contributed by atoms with Crippen molar-refractivity contribution in [3.63, 3.8) is 0 Å². The Labute approximate surface area is 181 Å². The number of fused-ring (bicyclic) bond motifs is 1. The molecule has 2 aromatic carbocycles. The molecule has 2 heterocycles. The highest BCUT2D eigenvalue weighted by Gasteiger charge is 2.25. The fourth-order valence-corrected chi connectivity index (χ4v) is 3.78. The highest BCUT2D eigenvalue weighted by molar-refractivity contribution is 6.06. The Kier molecular flexibility index (Phi) is 6.86. The molecule has 0 spiro atoms. The van der Waals surface area contributed by atoms with E-state index in [1.165, 1.54) is 12.1 Å². The Balaban J connectivity index is 1.56. The highest BCUT2D eigenvalue weighted by atomic mass is 19.1.